The van der Waals surface area contributed by atoms with E-state index in [0.717, 1.165) is 6.42 Å². The first-order valence-corrected chi connectivity index (χ1v) is 5.89. The van der Waals surface area contributed by atoms with E-state index in [0.29, 0.717) is 12.8 Å². The van der Waals surface area contributed by atoms with Gasteiger partial charge in [-0.15, -0.1) is 0 Å². The summed E-state index contributed by atoms with van der Waals surface area (Å²) in [6, 6.07) is 0. The molecular formula is C12H21FO3. The van der Waals surface area contributed by atoms with E-state index in [1.54, 1.807) is 0 Å². The van der Waals surface area contributed by atoms with Gasteiger partial charge in [0, 0.05) is 0 Å². The maximum atomic E-state index is 13.4. The minimum atomic E-state index is -1.54. The predicted octanol–water partition coefficient (Wildman–Crippen LogP) is 2.67. The van der Waals surface area contributed by atoms with Crippen molar-refractivity contribution in [3.05, 3.63) is 0 Å². The van der Waals surface area contributed by atoms with Crippen LogP contribution in [0.3, 0.4) is 0 Å². The van der Waals surface area contributed by atoms with Gasteiger partial charge in [-0.1, -0.05) is 26.7 Å². The molecule has 0 saturated carbocycles. The minimum Gasteiger partial charge on any atom is -0.465 e. The van der Waals surface area contributed by atoms with Crippen molar-refractivity contribution in [2.75, 3.05) is 6.61 Å². The first-order chi connectivity index (χ1) is 7.54. The fourth-order valence-electron chi connectivity index (χ4n) is 1.24. The molecular weight excluding hydrogens is 211 g/mol. The molecule has 0 amide bonds. The monoisotopic (exact) mass is 232 g/mol. The van der Waals surface area contributed by atoms with Crippen molar-refractivity contribution in [3.63, 3.8) is 0 Å². The Morgan fingerprint density at radius 3 is 2.38 bits per heavy atom. The number of rotatable bonds is 8. The van der Waals surface area contributed by atoms with Crippen LogP contribution in [0.5, 0.6) is 0 Å². The van der Waals surface area contributed by atoms with Crippen molar-refractivity contribution in [2.45, 2.75) is 52.6 Å². The van der Waals surface area contributed by atoms with Crippen molar-refractivity contribution in [1.29, 1.82) is 0 Å². The molecule has 0 saturated heterocycles. The van der Waals surface area contributed by atoms with Gasteiger partial charge in [0.25, 0.3) is 0 Å². The maximum absolute atomic E-state index is 13.4. The van der Waals surface area contributed by atoms with Crippen LogP contribution in [0.4, 0.5) is 4.39 Å². The molecule has 0 heterocycles. The van der Waals surface area contributed by atoms with Gasteiger partial charge in [0.1, 0.15) is 5.92 Å². The molecule has 2 unspecified atom stereocenters. The van der Waals surface area contributed by atoms with Crippen molar-refractivity contribution in [3.8, 4) is 0 Å². The van der Waals surface area contributed by atoms with Crippen LogP contribution >= 0.6 is 0 Å². The van der Waals surface area contributed by atoms with Gasteiger partial charge in [-0.05, 0) is 19.8 Å². The quantitative estimate of drug-likeness (QED) is 0.477. The van der Waals surface area contributed by atoms with E-state index in [9.17, 15) is 14.0 Å². The Morgan fingerprint density at radius 1 is 1.25 bits per heavy atom. The van der Waals surface area contributed by atoms with Crippen LogP contribution in [0.15, 0.2) is 0 Å². The number of halogens is 1. The number of hydrogen-bond acceptors (Lipinski definition) is 3. The second-order valence-corrected chi connectivity index (χ2v) is 3.90. The second-order valence-electron chi connectivity index (χ2n) is 3.90. The van der Waals surface area contributed by atoms with Crippen LogP contribution in [-0.2, 0) is 14.3 Å². The molecule has 0 radical (unpaired) electrons. The Morgan fingerprint density at radius 2 is 1.88 bits per heavy atom. The van der Waals surface area contributed by atoms with Crippen molar-refractivity contribution < 1.29 is 18.7 Å². The van der Waals surface area contributed by atoms with Gasteiger partial charge in [0.2, 0.25) is 0 Å². The smallest absolute Gasteiger partial charge is 0.316 e. The summed E-state index contributed by atoms with van der Waals surface area (Å²) >= 11 is 0. The molecule has 0 N–H and O–H groups in total. The molecule has 0 fully saturated rings. The molecule has 3 nitrogen and oxygen atoms in total. The first-order valence-electron chi connectivity index (χ1n) is 5.89. The highest BCUT2D eigenvalue weighted by Crippen LogP contribution is 2.12. The van der Waals surface area contributed by atoms with Gasteiger partial charge in [-0.25, -0.2) is 4.39 Å². The molecule has 0 spiro atoms. The Hall–Kier alpha value is -0.930. The zero-order valence-electron chi connectivity index (χ0n) is 10.3. The summed E-state index contributed by atoms with van der Waals surface area (Å²) < 4.78 is 18.2. The van der Waals surface area contributed by atoms with Crippen LogP contribution in [0.2, 0.25) is 0 Å². The molecule has 2 atom stereocenters. The Kier molecular flexibility index (Phi) is 7.77. The highest BCUT2D eigenvalue weighted by molar-refractivity contribution is 6.00. The van der Waals surface area contributed by atoms with Gasteiger partial charge < -0.3 is 4.74 Å². The van der Waals surface area contributed by atoms with Crippen LogP contribution in [-0.4, -0.2) is 24.5 Å². The van der Waals surface area contributed by atoms with E-state index in [1.807, 2.05) is 13.8 Å². The fraction of sp³-hybridized carbons (Fsp3) is 0.833. The minimum absolute atomic E-state index is 0.195. The highest BCUT2D eigenvalue weighted by atomic mass is 19.1. The number of carbonyl (C=O) groups excluding carboxylic acids is 2. The fourth-order valence-corrected chi connectivity index (χ4v) is 1.24. The summed E-state index contributed by atoms with van der Waals surface area (Å²) in [7, 11) is 0. The molecule has 0 aromatic heterocycles. The third kappa shape index (κ3) is 5.24. The van der Waals surface area contributed by atoms with Crippen molar-refractivity contribution in [2.24, 2.45) is 5.92 Å². The lowest BCUT2D eigenvalue weighted by atomic mass is 9.99. The summed E-state index contributed by atoms with van der Waals surface area (Å²) in [4.78, 5) is 22.8. The predicted molar refractivity (Wildman–Crippen MR) is 59.8 cm³/mol. The lowest BCUT2D eigenvalue weighted by Crippen LogP contribution is -2.30. The summed E-state index contributed by atoms with van der Waals surface area (Å²) in [5.41, 5.74) is 0. The van der Waals surface area contributed by atoms with E-state index >= 15 is 0 Å². The number of esters is 1. The zero-order valence-corrected chi connectivity index (χ0v) is 10.3. The highest BCUT2D eigenvalue weighted by Gasteiger charge is 2.29. The van der Waals surface area contributed by atoms with Gasteiger partial charge in [-0.3, -0.25) is 9.59 Å². The van der Waals surface area contributed by atoms with E-state index in [1.165, 1.54) is 6.92 Å². The Bertz CT molecular complexity index is 228. The van der Waals surface area contributed by atoms with Gasteiger partial charge in [0.05, 0.1) is 6.61 Å². The zero-order chi connectivity index (χ0) is 12.6. The largest absolute Gasteiger partial charge is 0.465 e. The van der Waals surface area contributed by atoms with E-state index in [2.05, 4.69) is 0 Å². The van der Waals surface area contributed by atoms with Gasteiger partial charge in [0.15, 0.2) is 12.0 Å². The Labute approximate surface area is 96.4 Å². The summed E-state index contributed by atoms with van der Waals surface area (Å²) in [5, 5.41) is 0. The Balaban J connectivity index is 4.09. The number of hydrogen-bond donors (Lipinski definition) is 0. The topological polar surface area (TPSA) is 43.4 Å². The molecule has 0 aliphatic rings. The van der Waals surface area contributed by atoms with Crippen LogP contribution in [0, 0.1) is 5.92 Å². The third-order valence-electron chi connectivity index (χ3n) is 2.35. The molecule has 94 valence electrons. The van der Waals surface area contributed by atoms with Crippen molar-refractivity contribution in [1.82, 2.24) is 0 Å². The number of ether oxygens (including phenoxy) is 1. The number of Topliss-reactive ketones (excluding diaryl/α,β-unsaturated/α-hetero) is 1. The average Bonchev–Trinajstić information content (AvgIpc) is 2.30. The summed E-state index contributed by atoms with van der Waals surface area (Å²) in [5.74, 6) is -2.26. The second kappa shape index (κ2) is 8.25. The molecule has 0 aromatic carbocycles. The van der Waals surface area contributed by atoms with Gasteiger partial charge >= 0.3 is 5.97 Å². The average molecular weight is 232 g/mol. The summed E-state index contributed by atoms with van der Waals surface area (Å²) in [6.45, 7) is 5.47. The summed E-state index contributed by atoms with van der Waals surface area (Å²) in [6.07, 6.45) is 0.845. The number of ketones is 1. The van der Waals surface area contributed by atoms with Gasteiger partial charge in [-0.2, -0.15) is 0 Å². The normalized spacial score (nSPS) is 14.2. The number of carbonyl (C=O) groups is 2. The van der Waals surface area contributed by atoms with E-state index < -0.39 is 23.8 Å². The van der Waals surface area contributed by atoms with E-state index in [-0.39, 0.29) is 13.0 Å². The molecule has 0 aromatic rings. The standard InChI is InChI=1S/C12H21FO3/c1-4-6-7-10(13)11(14)9(3)12(15)16-8-5-2/h9-10H,4-8H2,1-3H3. The molecule has 0 aliphatic carbocycles. The maximum Gasteiger partial charge on any atom is 0.316 e. The van der Waals surface area contributed by atoms with E-state index in [4.69, 9.17) is 4.74 Å². The molecule has 0 bridgehead atoms. The lowest BCUT2D eigenvalue weighted by Gasteiger charge is -2.12. The van der Waals surface area contributed by atoms with Crippen molar-refractivity contribution >= 4 is 11.8 Å². The molecule has 16 heavy (non-hydrogen) atoms. The first kappa shape index (κ1) is 15.1. The third-order valence-corrected chi connectivity index (χ3v) is 2.35. The molecule has 0 rings (SSSR count). The molecule has 0 aliphatic heterocycles. The van der Waals surface area contributed by atoms with Crippen LogP contribution in [0.25, 0.3) is 0 Å². The lowest BCUT2D eigenvalue weighted by molar-refractivity contribution is -0.152. The number of unbranched alkanes of at least 4 members (excludes halogenated alkanes) is 1. The van der Waals surface area contributed by atoms with Crippen LogP contribution in [0.1, 0.15) is 46.5 Å². The van der Waals surface area contributed by atoms with Crippen LogP contribution < -0.4 is 0 Å². The molecule has 4 heteroatoms. The number of alkyl halides is 1. The SMILES string of the molecule is CCCCC(F)C(=O)C(C)C(=O)OCCC.